The fraction of sp³-hybridized carbons (Fsp3) is 0.333. The zero-order valence-corrected chi connectivity index (χ0v) is 17.1. The quantitative estimate of drug-likeness (QED) is 0.778. The van der Waals surface area contributed by atoms with Crippen molar-refractivity contribution >= 4 is 21.8 Å². The summed E-state index contributed by atoms with van der Waals surface area (Å²) in [5, 5.41) is 0. The third-order valence-corrected chi connectivity index (χ3v) is 7.10. The van der Waals surface area contributed by atoms with E-state index in [4.69, 9.17) is 5.73 Å². The van der Waals surface area contributed by atoms with Crippen LogP contribution in [0.1, 0.15) is 28.8 Å². The molecule has 1 aliphatic heterocycles. The number of rotatable bonds is 6. The minimum Gasteiger partial charge on any atom is -0.366 e. The molecule has 1 saturated heterocycles. The standard InChI is InChI=1S/C21H25N3O4S/c1-23(15-16-6-5-7-18(14-16)20(22)25)21(26)17-10-12-24(13-11-17)29(27,28)19-8-3-2-4-9-19/h2-9,14,17H,10-13,15H2,1H3,(H2,22,25). The molecule has 2 aromatic carbocycles. The van der Waals surface area contributed by atoms with Gasteiger partial charge >= 0.3 is 0 Å². The number of nitrogens with two attached hydrogens (primary N) is 1. The van der Waals surface area contributed by atoms with Crippen molar-refractivity contribution in [1.29, 1.82) is 0 Å². The van der Waals surface area contributed by atoms with Gasteiger partial charge in [-0.05, 0) is 42.7 Å². The summed E-state index contributed by atoms with van der Waals surface area (Å²) in [5.41, 5.74) is 6.53. The van der Waals surface area contributed by atoms with E-state index in [-0.39, 0.29) is 16.7 Å². The molecule has 0 saturated carbocycles. The summed E-state index contributed by atoms with van der Waals surface area (Å²) >= 11 is 0. The monoisotopic (exact) mass is 415 g/mol. The Morgan fingerprint density at radius 2 is 1.72 bits per heavy atom. The van der Waals surface area contributed by atoms with Crippen LogP contribution in [-0.2, 0) is 21.4 Å². The van der Waals surface area contributed by atoms with Gasteiger partial charge in [-0.1, -0.05) is 30.3 Å². The Labute approximate surface area is 171 Å². The molecule has 0 bridgehead atoms. The normalized spacial score (nSPS) is 15.8. The second-order valence-corrected chi connectivity index (χ2v) is 9.19. The Bertz CT molecular complexity index is 984. The van der Waals surface area contributed by atoms with Gasteiger partial charge in [0.15, 0.2) is 0 Å². The number of carbonyl (C=O) groups excluding carboxylic acids is 2. The lowest BCUT2D eigenvalue weighted by Gasteiger charge is -2.32. The Morgan fingerprint density at radius 3 is 2.34 bits per heavy atom. The van der Waals surface area contributed by atoms with Crippen LogP contribution in [0.15, 0.2) is 59.5 Å². The van der Waals surface area contributed by atoms with Gasteiger partial charge < -0.3 is 10.6 Å². The highest BCUT2D eigenvalue weighted by atomic mass is 32.2. The van der Waals surface area contributed by atoms with Gasteiger partial charge in [0, 0.05) is 38.2 Å². The molecule has 0 aromatic heterocycles. The van der Waals surface area contributed by atoms with Gasteiger partial charge in [0.1, 0.15) is 0 Å². The first-order chi connectivity index (χ1) is 13.8. The Kier molecular flexibility index (Phi) is 6.34. The highest BCUT2D eigenvalue weighted by Gasteiger charge is 2.33. The van der Waals surface area contributed by atoms with Crippen LogP contribution in [0.5, 0.6) is 0 Å². The largest absolute Gasteiger partial charge is 0.366 e. The number of benzene rings is 2. The van der Waals surface area contributed by atoms with Crippen molar-refractivity contribution in [3.05, 3.63) is 65.7 Å². The smallest absolute Gasteiger partial charge is 0.248 e. The lowest BCUT2D eigenvalue weighted by molar-refractivity contribution is -0.135. The van der Waals surface area contributed by atoms with E-state index in [0.717, 1.165) is 5.56 Å². The van der Waals surface area contributed by atoms with Gasteiger partial charge in [0.2, 0.25) is 21.8 Å². The molecule has 1 fully saturated rings. The average Bonchev–Trinajstić information content (AvgIpc) is 2.74. The predicted molar refractivity (Wildman–Crippen MR) is 109 cm³/mol. The van der Waals surface area contributed by atoms with Gasteiger partial charge in [0.05, 0.1) is 4.90 Å². The van der Waals surface area contributed by atoms with E-state index in [2.05, 4.69) is 0 Å². The van der Waals surface area contributed by atoms with Gasteiger partial charge in [-0.15, -0.1) is 0 Å². The number of piperidine rings is 1. The lowest BCUT2D eigenvalue weighted by Crippen LogP contribution is -2.43. The van der Waals surface area contributed by atoms with E-state index in [1.54, 1.807) is 60.5 Å². The predicted octanol–water partition coefficient (Wildman–Crippen LogP) is 1.84. The van der Waals surface area contributed by atoms with Gasteiger partial charge in [-0.25, -0.2) is 8.42 Å². The van der Waals surface area contributed by atoms with Crippen molar-refractivity contribution in [1.82, 2.24) is 9.21 Å². The number of primary amides is 1. The van der Waals surface area contributed by atoms with Crippen LogP contribution in [0.25, 0.3) is 0 Å². The van der Waals surface area contributed by atoms with Crippen LogP contribution >= 0.6 is 0 Å². The number of sulfonamides is 1. The first-order valence-electron chi connectivity index (χ1n) is 9.48. The summed E-state index contributed by atoms with van der Waals surface area (Å²) in [6.45, 7) is 1.000. The highest BCUT2D eigenvalue weighted by Crippen LogP contribution is 2.25. The molecule has 29 heavy (non-hydrogen) atoms. The van der Waals surface area contributed by atoms with Crippen LogP contribution in [0, 0.1) is 5.92 Å². The zero-order valence-electron chi connectivity index (χ0n) is 16.3. The number of nitrogens with zero attached hydrogens (tertiary/aromatic N) is 2. The van der Waals surface area contributed by atoms with Gasteiger partial charge in [-0.3, -0.25) is 9.59 Å². The molecule has 1 heterocycles. The third-order valence-electron chi connectivity index (χ3n) is 5.19. The molecule has 0 atom stereocenters. The third kappa shape index (κ3) is 4.83. The second kappa shape index (κ2) is 8.75. The SMILES string of the molecule is CN(Cc1cccc(C(N)=O)c1)C(=O)C1CCN(S(=O)(=O)c2ccccc2)CC1. The van der Waals surface area contributed by atoms with E-state index in [9.17, 15) is 18.0 Å². The van der Waals surface area contributed by atoms with Crippen LogP contribution in [0.2, 0.25) is 0 Å². The molecule has 7 nitrogen and oxygen atoms in total. The maximum atomic E-state index is 12.8. The van der Waals surface area contributed by atoms with Crippen molar-refractivity contribution in [3.63, 3.8) is 0 Å². The molecular formula is C21H25N3O4S. The van der Waals surface area contributed by atoms with Crippen LogP contribution in [-0.4, -0.2) is 49.6 Å². The first-order valence-corrected chi connectivity index (χ1v) is 10.9. The van der Waals surface area contributed by atoms with Crippen molar-refractivity contribution in [2.75, 3.05) is 20.1 Å². The number of hydrogen-bond acceptors (Lipinski definition) is 4. The van der Waals surface area contributed by atoms with E-state index in [0.29, 0.717) is 38.0 Å². The van der Waals surface area contributed by atoms with Crippen LogP contribution in [0.4, 0.5) is 0 Å². The van der Waals surface area contributed by atoms with E-state index in [1.807, 2.05) is 6.07 Å². The second-order valence-electron chi connectivity index (χ2n) is 7.25. The molecule has 2 amide bonds. The number of hydrogen-bond donors (Lipinski definition) is 1. The lowest BCUT2D eigenvalue weighted by atomic mass is 9.96. The highest BCUT2D eigenvalue weighted by molar-refractivity contribution is 7.89. The molecule has 0 unspecified atom stereocenters. The summed E-state index contributed by atoms with van der Waals surface area (Å²) in [4.78, 5) is 26.0. The van der Waals surface area contributed by atoms with Crippen LogP contribution in [0.3, 0.4) is 0 Å². The molecule has 8 heteroatoms. The minimum atomic E-state index is -3.53. The van der Waals surface area contributed by atoms with E-state index >= 15 is 0 Å². The molecule has 2 N–H and O–H groups in total. The summed E-state index contributed by atoms with van der Waals surface area (Å²) in [7, 11) is -1.81. The molecule has 1 aliphatic rings. The van der Waals surface area contributed by atoms with Gasteiger partial charge in [-0.2, -0.15) is 4.31 Å². The average molecular weight is 416 g/mol. The maximum Gasteiger partial charge on any atom is 0.248 e. The van der Waals surface area contributed by atoms with E-state index in [1.165, 1.54) is 4.31 Å². The molecule has 2 aromatic rings. The molecule has 3 rings (SSSR count). The van der Waals surface area contributed by atoms with Crippen LogP contribution < -0.4 is 5.73 Å². The van der Waals surface area contributed by atoms with Crippen molar-refractivity contribution in [2.45, 2.75) is 24.3 Å². The Balaban J connectivity index is 1.60. The fourth-order valence-electron chi connectivity index (χ4n) is 3.57. The van der Waals surface area contributed by atoms with Crippen molar-refractivity contribution in [2.24, 2.45) is 11.7 Å². The summed E-state index contributed by atoms with van der Waals surface area (Å²) < 4.78 is 26.9. The van der Waals surface area contributed by atoms with E-state index < -0.39 is 15.9 Å². The number of amides is 2. The zero-order chi connectivity index (χ0) is 21.0. The topological polar surface area (TPSA) is 101 Å². The molecule has 154 valence electrons. The van der Waals surface area contributed by atoms with Crippen molar-refractivity contribution < 1.29 is 18.0 Å². The fourth-order valence-corrected chi connectivity index (χ4v) is 5.06. The summed E-state index contributed by atoms with van der Waals surface area (Å²) in [5.74, 6) is -0.749. The van der Waals surface area contributed by atoms with Crippen molar-refractivity contribution in [3.8, 4) is 0 Å². The summed E-state index contributed by atoms with van der Waals surface area (Å²) in [6.07, 6.45) is 0.965. The number of carbonyl (C=O) groups is 2. The molecule has 0 aliphatic carbocycles. The molecule has 0 spiro atoms. The first kappa shape index (κ1) is 21.0. The minimum absolute atomic E-state index is 0.0220. The van der Waals surface area contributed by atoms with Gasteiger partial charge in [0.25, 0.3) is 0 Å². The summed E-state index contributed by atoms with van der Waals surface area (Å²) in [6, 6.07) is 15.2. The molecular weight excluding hydrogens is 390 g/mol. The Morgan fingerprint density at radius 1 is 1.07 bits per heavy atom. The Hall–Kier alpha value is -2.71. The maximum absolute atomic E-state index is 12.8. The molecule has 0 radical (unpaired) electrons.